The fraction of sp³-hybridized carbons (Fsp3) is 0.400. The molecule has 96 valence electrons. The smallest absolute Gasteiger partial charge is 0.226 e. The van der Waals surface area contributed by atoms with Crippen LogP contribution in [0.3, 0.4) is 0 Å². The highest BCUT2D eigenvalue weighted by atomic mass is 16.5. The SMILES string of the molecule is CCOc1ccc(-c2nc(C(C)C)c(C)o2)cc1. The number of benzene rings is 1. The fourth-order valence-electron chi connectivity index (χ4n) is 1.93. The van der Waals surface area contributed by atoms with E-state index < -0.39 is 0 Å². The molecule has 0 radical (unpaired) electrons. The molecular weight excluding hydrogens is 226 g/mol. The Morgan fingerprint density at radius 1 is 1.22 bits per heavy atom. The van der Waals surface area contributed by atoms with Crippen molar-refractivity contribution >= 4 is 0 Å². The summed E-state index contributed by atoms with van der Waals surface area (Å²) in [6, 6.07) is 7.82. The number of hydrogen-bond acceptors (Lipinski definition) is 3. The summed E-state index contributed by atoms with van der Waals surface area (Å²) < 4.78 is 11.1. The average Bonchev–Trinajstić information content (AvgIpc) is 2.73. The molecule has 0 saturated heterocycles. The maximum atomic E-state index is 5.71. The van der Waals surface area contributed by atoms with Crippen LogP contribution in [0.1, 0.15) is 38.1 Å². The van der Waals surface area contributed by atoms with E-state index in [1.165, 1.54) is 0 Å². The van der Waals surface area contributed by atoms with Crippen molar-refractivity contribution < 1.29 is 9.15 Å². The second kappa shape index (κ2) is 5.25. The Bertz CT molecular complexity index is 512. The van der Waals surface area contributed by atoms with E-state index in [-0.39, 0.29) is 0 Å². The molecule has 0 spiro atoms. The van der Waals surface area contributed by atoms with E-state index in [1.807, 2.05) is 38.1 Å². The van der Waals surface area contributed by atoms with Crippen LogP contribution in [0.2, 0.25) is 0 Å². The maximum absolute atomic E-state index is 5.71. The van der Waals surface area contributed by atoms with Crippen LogP contribution >= 0.6 is 0 Å². The van der Waals surface area contributed by atoms with Gasteiger partial charge in [-0.25, -0.2) is 4.98 Å². The lowest BCUT2D eigenvalue weighted by molar-refractivity contribution is 0.340. The van der Waals surface area contributed by atoms with Crippen molar-refractivity contribution in [2.75, 3.05) is 6.61 Å². The number of aryl methyl sites for hydroxylation is 1. The van der Waals surface area contributed by atoms with Gasteiger partial charge in [-0.15, -0.1) is 0 Å². The highest BCUT2D eigenvalue weighted by Crippen LogP contribution is 2.27. The van der Waals surface area contributed by atoms with Crippen molar-refractivity contribution in [3.8, 4) is 17.2 Å². The molecule has 0 fully saturated rings. The van der Waals surface area contributed by atoms with E-state index in [2.05, 4.69) is 18.8 Å². The number of ether oxygens (including phenoxy) is 1. The van der Waals surface area contributed by atoms with Gasteiger partial charge in [0.1, 0.15) is 11.5 Å². The van der Waals surface area contributed by atoms with E-state index in [0.29, 0.717) is 18.4 Å². The monoisotopic (exact) mass is 245 g/mol. The van der Waals surface area contributed by atoms with Gasteiger partial charge < -0.3 is 9.15 Å². The van der Waals surface area contributed by atoms with E-state index in [0.717, 1.165) is 22.8 Å². The summed E-state index contributed by atoms with van der Waals surface area (Å²) in [7, 11) is 0. The molecule has 2 aromatic rings. The van der Waals surface area contributed by atoms with Gasteiger partial charge in [-0.2, -0.15) is 0 Å². The van der Waals surface area contributed by atoms with Crippen LogP contribution in [-0.2, 0) is 0 Å². The first-order valence-corrected chi connectivity index (χ1v) is 6.32. The topological polar surface area (TPSA) is 35.3 Å². The molecule has 0 aliphatic carbocycles. The van der Waals surface area contributed by atoms with Gasteiger partial charge >= 0.3 is 0 Å². The third-order valence-corrected chi connectivity index (χ3v) is 2.79. The summed E-state index contributed by atoms with van der Waals surface area (Å²) in [6.07, 6.45) is 0. The molecule has 3 nitrogen and oxygen atoms in total. The summed E-state index contributed by atoms with van der Waals surface area (Å²) in [5, 5.41) is 0. The largest absolute Gasteiger partial charge is 0.494 e. The van der Waals surface area contributed by atoms with Crippen LogP contribution in [0, 0.1) is 6.92 Å². The molecule has 18 heavy (non-hydrogen) atoms. The van der Waals surface area contributed by atoms with Gasteiger partial charge in [-0.05, 0) is 44.0 Å². The zero-order valence-electron chi connectivity index (χ0n) is 11.4. The zero-order chi connectivity index (χ0) is 13.1. The van der Waals surface area contributed by atoms with E-state index in [4.69, 9.17) is 9.15 Å². The van der Waals surface area contributed by atoms with Gasteiger partial charge in [0.15, 0.2) is 0 Å². The molecule has 0 amide bonds. The van der Waals surface area contributed by atoms with Gasteiger partial charge in [-0.3, -0.25) is 0 Å². The van der Waals surface area contributed by atoms with Crippen molar-refractivity contribution in [2.45, 2.75) is 33.6 Å². The Morgan fingerprint density at radius 3 is 2.39 bits per heavy atom. The summed E-state index contributed by atoms with van der Waals surface area (Å²) in [4.78, 5) is 4.55. The molecule has 0 N–H and O–H groups in total. The predicted molar refractivity (Wildman–Crippen MR) is 71.9 cm³/mol. The normalized spacial score (nSPS) is 10.9. The molecule has 1 aromatic heterocycles. The van der Waals surface area contributed by atoms with Crippen LogP contribution in [0.25, 0.3) is 11.5 Å². The highest BCUT2D eigenvalue weighted by molar-refractivity contribution is 5.55. The Hall–Kier alpha value is -1.77. The molecule has 0 bridgehead atoms. The Kier molecular flexibility index (Phi) is 3.70. The number of nitrogens with zero attached hydrogens (tertiary/aromatic N) is 1. The van der Waals surface area contributed by atoms with Crippen LogP contribution in [-0.4, -0.2) is 11.6 Å². The third kappa shape index (κ3) is 2.55. The molecule has 1 heterocycles. The minimum atomic E-state index is 0.380. The number of rotatable bonds is 4. The lowest BCUT2D eigenvalue weighted by Crippen LogP contribution is -1.91. The second-order valence-corrected chi connectivity index (χ2v) is 4.57. The van der Waals surface area contributed by atoms with Crippen LogP contribution in [0.5, 0.6) is 5.75 Å². The van der Waals surface area contributed by atoms with Crippen LogP contribution in [0.15, 0.2) is 28.7 Å². The van der Waals surface area contributed by atoms with Gasteiger partial charge in [0.2, 0.25) is 5.89 Å². The first-order chi connectivity index (χ1) is 8.61. The minimum absolute atomic E-state index is 0.380. The highest BCUT2D eigenvalue weighted by Gasteiger charge is 2.13. The van der Waals surface area contributed by atoms with Gasteiger partial charge in [0.05, 0.1) is 12.3 Å². The fourth-order valence-corrected chi connectivity index (χ4v) is 1.93. The van der Waals surface area contributed by atoms with Crippen molar-refractivity contribution in [2.24, 2.45) is 0 Å². The summed E-state index contributed by atoms with van der Waals surface area (Å²) >= 11 is 0. The molecule has 0 atom stereocenters. The van der Waals surface area contributed by atoms with Crippen molar-refractivity contribution in [1.82, 2.24) is 4.98 Å². The van der Waals surface area contributed by atoms with E-state index in [9.17, 15) is 0 Å². The molecule has 1 aromatic carbocycles. The standard InChI is InChI=1S/C15H19NO2/c1-5-17-13-8-6-12(7-9-13)15-16-14(10(2)3)11(4)18-15/h6-10H,5H2,1-4H3. The number of oxazole rings is 1. The molecule has 0 aliphatic heterocycles. The van der Waals surface area contributed by atoms with Crippen molar-refractivity contribution in [1.29, 1.82) is 0 Å². The van der Waals surface area contributed by atoms with Gasteiger partial charge in [0.25, 0.3) is 0 Å². The predicted octanol–water partition coefficient (Wildman–Crippen LogP) is 4.17. The van der Waals surface area contributed by atoms with E-state index >= 15 is 0 Å². The Labute approximate surface area is 108 Å². The zero-order valence-corrected chi connectivity index (χ0v) is 11.4. The summed E-state index contributed by atoms with van der Waals surface area (Å²) in [5.41, 5.74) is 2.01. The lowest BCUT2D eigenvalue weighted by Gasteiger charge is -2.02. The summed E-state index contributed by atoms with van der Waals surface area (Å²) in [6.45, 7) is 8.84. The Balaban J connectivity index is 2.28. The van der Waals surface area contributed by atoms with E-state index in [1.54, 1.807) is 0 Å². The molecule has 2 rings (SSSR count). The molecule has 0 saturated carbocycles. The van der Waals surface area contributed by atoms with Crippen molar-refractivity contribution in [3.05, 3.63) is 35.7 Å². The molecular formula is C15H19NO2. The minimum Gasteiger partial charge on any atom is -0.494 e. The van der Waals surface area contributed by atoms with Crippen LogP contribution in [0.4, 0.5) is 0 Å². The lowest BCUT2D eigenvalue weighted by atomic mass is 10.1. The van der Waals surface area contributed by atoms with Crippen molar-refractivity contribution in [3.63, 3.8) is 0 Å². The average molecular weight is 245 g/mol. The van der Waals surface area contributed by atoms with Crippen LogP contribution < -0.4 is 4.74 Å². The first-order valence-electron chi connectivity index (χ1n) is 6.32. The summed E-state index contributed by atoms with van der Waals surface area (Å²) in [5.74, 6) is 2.83. The third-order valence-electron chi connectivity index (χ3n) is 2.79. The Morgan fingerprint density at radius 2 is 1.89 bits per heavy atom. The second-order valence-electron chi connectivity index (χ2n) is 4.57. The molecule has 0 unspecified atom stereocenters. The molecule has 3 heteroatoms. The molecule has 0 aliphatic rings. The number of hydrogen-bond donors (Lipinski definition) is 0. The first kappa shape index (κ1) is 12.7. The number of aromatic nitrogens is 1. The quantitative estimate of drug-likeness (QED) is 0.810. The van der Waals surface area contributed by atoms with Gasteiger partial charge in [0, 0.05) is 5.56 Å². The van der Waals surface area contributed by atoms with Gasteiger partial charge in [-0.1, -0.05) is 13.8 Å². The maximum Gasteiger partial charge on any atom is 0.226 e.